The molecule has 6 saturated carbocycles. The van der Waals surface area contributed by atoms with Crippen LogP contribution in [0.25, 0.3) is 0 Å². The molecule has 312 valence electrons. The van der Waals surface area contributed by atoms with Gasteiger partial charge in [-0.3, -0.25) is 0 Å². The fraction of sp³-hybridized carbons (Fsp3) is 0.522. The van der Waals surface area contributed by atoms with Crippen molar-refractivity contribution in [3.8, 4) is 0 Å². The molecule has 2 atom stereocenters. The summed E-state index contributed by atoms with van der Waals surface area (Å²) in [5, 5.41) is 10.6. The van der Waals surface area contributed by atoms with Gasteiger partial charge in [-0.15, -0.1) is 0 Å². The van der Waals surface area contributed by atoms with Crippen molar-refractivity contribution in [2.24, 2.45) is 10.8 Å². The number of fused-ring (bicyclic) bond motifs is 2. The fourth-order valence-corrected chi connectivity index (χ4v) is 12.8. The van der Waals surface area contributed by atoms with Crippen LogP contribution in [0.2, 0.25) is 10.0 Å². The van der Waals surface area contributed by atoms with Gasteiger partial charge in [0, 0.05) is 71.3 Å². The lowest BCUT2D eigenvalue weighted by atomic mass is 9.38. The summed E-state index contributed by atoms with van der Waals surface area (Å²) in [6.07, 6.45) is 23.4. The summed E-state index contributed by atoms with van der Waals surface area (Å²) in [6, 6.07) is 9.66. The molecule has 2 aromatic carbocycles. The molecule has 0 N–H and O–H groups in total. The second-order valence-electron chi connectivity index (χ2n) is 19.4. The maximum atomic E-state index is 14.0. The number of aryl methyl sites for hydroxylation is 4. The second-order valence-corrected chi connectivity index (χ2v) is 20.3. The number of hydrogen-bond donors (Lipinski definition) is 0. The van der Waals surface area contributed by atoms with Gasteiger partial charge >= 0.3 is 0 Å². The number of aromatic nitrogens is 10. The predicted molar refractivity (Wildman–Crippen MR) is 224 cm³/mol. The molecule has 14 rings (SSSR count). The molecular weight excluding hydrogens is 801 g/mol. The average molecular weight is 852 g/mol. The van der Waals surface area contributed by atoms with Gasteiger partial charge in [0.05, 0.1) is 24.0 Å². The number of rotatable bonds is 8. The highest BCUT2D eigenvalue weighted by Crippen LogP contribution is 2.73. The highest BCUT2D eigenvalue weighted by Gasteiger charge is 2.69. The molecule has 0 amide bonds. The first-order valence-corrected chi connectivity index (χ1v) is 22.4. The van der Waals surface area contributed by atoms with Gasteiger partial charge in [-0.2, -0.15) is 10.2 Å². The second kappa shape index (κ2) is 14.1. The number of halogens is 4. The van der Waals surface area contributed by atoms with Crippen molar-refractivity contribution < 1.29 is 8.78 Å². The van der Waals surface area contributed by atoms with E-state index in [1.807, 2.05) is 38.6 Å². The summed E-state index contributed by atoms with van der Waals surface area (Å²) in [6.45, 7) is 5.85. The third kappa shape index (κ3) is 6.62. The molecule has 6 fully saturated rings. The quantitative estimate of drug-likeness (QED) is 0.151. The van der Waals surface area contributed by atoms with Crippen LogP contribution in [0.3, 0.4) is 0 Å². The molecule has 14 heteroatoms. The van der Waals surface area contributed by atoms with E-state index >= 15 is 0 Å². The van der Waals surface area contributed by atoms with Crippen LogP contribution >= 0.6 is 23.2 Å². The number of hydrogen-bond acceptors (Lipinski definition) is 6. The first kappa shape index (κ1) is 38.5. The van der Waals surface area contributed by atoms with E-state index in [9.17, 15) is 8.78 Å². The Balaban J connectivity index is 0.000000136. The molecule has 4 bridgehead atoms. The minimum absolute atomic E-state index is 0.0512. The van der Waals surface area contributed by atoms with Crippen molar-refractivity contribution in [3.05, 3.63) is 129 Å². The van der Waals surface area contributed by atoms with Crippen LogP contribution in [0.5, 0.6) is 0 Å². The van der Waals surface area contributed by atoms with Gasteiger partial charge < -0.3 is 9.13 Å². The van der Waals surface area contributed by atoms with E-state index in [0.29, 0.717) is 20.9 Å². The number of imidazole rings is 2. The SMILES string of the molecule is Cc1cn(C23CC(Cc4nc5n(n4)CCCC[C@@H]5c4cc(F)cc(Cl)c4)(C2)C3)cn1.Cc1cn(C23CC(Cc4nc5n(n4)CCCC[C@H]5c4cc(F)cc(Cl)c4)(C2)C3)cn1. The monoisotopic (exact) mass is 850 g/mol. The Hall–Kier alpha value is -4.42. The largest absolute Gasteiger partial charge is 0.331 e. The summed E-state index contributed by atoms with van der Waals surface area (Å²) in [4.78, 5) is 18.8. The highest BCUT2D eigenvalue weighted by molar-refractivity contribution is 6.30. The standard InChI is InChI=1S/2C23H25ClFN5/c2*1-15-10-29(14-26-15)23-11-22(12-23,13-23)9-20-27-21-19(4-2-3-5-30(21)28-20)16-6-17(24)8-18(25)7-16/h2*6-8,10,14,19H,2-5,9,11-13H2,1H3/t2*19-,22?,23?/m10/s1. The van der Waals surface area contributed by atoms with Crippen LogP contribution in [-0.4, -0.2) is 48.6 Å². The third-order valence-electron chi connectivity index (χ3n) is 14.7. The van der Waals surface area contributed by atoms with Crippen molar-refractivity contribution in [2.75, 3.05) is 0 Å². The Labute approximate surface area is 358 Å². The van der Waals surface area contributed by atoms with Gasteiger partial charge in [-0.1, -0.05) is 36.0 Å². The summed E-state index contributed by atoms with van der Waals surface area (Å²) in [5.74, 6) is 3.34. The Morgan fingerprint density at radius 2 is 1.02 bits per heavy atom. The average Bonchev–Trinajstić information content (AvgIpc) is 3.90. The zero-order valence-electron chi connectivity index (χ0n) is 34.2. The fourth-order valence-electron chi connectivity index (χ4n) is 12.3. The molecule has 60 heavy (non-hydrogen) atoms. The molecule has 0 spiro atoms. The number of benzene rings is 2. The molecule has 6 heterocycles. The van der Waals surface area contributed by atoms with E-state index in [2.05, 4.69) is 40.9 Å². The molecule has 0 radical (unpaired) electrons. The first-order valence-electron chi connectivity index (χ1n) is 21.7. The molecule has 8 aliphatic rings. The van der Waals surface area contributed by atoms with Crippen LogP contribution in [0.15, 0.2) is 61.4 Å². The minimum Gasteiger partial charge on any atom is -0.331 e. The first-order chi connectivity index (χ1) is 28.9. The summed E-state index contributed by atoms with van der Waals surface area (Å²) in [5.41, 5.74) is 5.20. The van der Waals surface area contributed by atoms with Crippen LogP contribution in [-0.2, 0) is 37.0 Å². The van der Waals surface area contributed by atoms with Gasteiger partial charge in [-0.25, -0.2) is 38.1 Å². The highest BCUT2D eigenvalue weighted by atomic mass is 35.5. The van der Waals surface area contributed by atoms with E-state index < -0.39 is 0 Å². The number of nitrogens with zero attached hydrogens (tertiary/aromatic N) is 10. The Bertz CT molecular complexity index is 2360. The maximum absolute atomic E-state index is 14.0. The van der Waals surface area contributed by atoms with E-state index in [1.54, 1.807) is 12.1 Å². The minimum atomic E-state index is -0.290. The van der Waals surface area contributed by atoms with Gasteiger partial charge in [0.15, 0.2) is 11.6 Å². The van der Waals surface area contributed by atoms with E-state index in [1.165, 1.54) is 50.7 Å². The van der Waals surface area contributed by atoms with Gasteiger partial charge in [0.2, 0.25) is 0 Å². The van der Waals surface area contributed by atoms with Gasteiger partial charge in [-0.05, 0) is 136 Å². The summed E-state index contributed by atoms with van der Waals surface area (Å²) >= 11 is 12.3. The summed E-state index contributed by atoms with van der Waals surface area (Å²) in [7, 11) is 0. The lowest BCUT2D eigenvalue weighted by molar-refractivity contribution is -0.187. The maximum Gasteiger partial charge on any atom is 0.151 e. The van der Waals surface area contributed by atoms with Gasteiger partial charge in [0.1, 0.15) is 23.3 Å². The van der Waals surface area contributed by atoms with Crippen LogP contribution in [0.4, 0.5) is 8.78 Å². The molecule has 6 aliphatic carbocycles. The molecule has 2 aliphatic heterocycles. The normalized spacial score (nSPS) is 29.6. The molecule has 0 unspecified atom stereocenters. The molecule has 0 saturated heterocycles. The van der Waals surface area contributed by atoms with Crippen LogP contribution in [0.1, 0.15) is 135 Å². The lowest BCUT2D eigenvalue weighted by Crippen LogP contribution is -2.68. The molecule has 6 aromatic rings. The van der Waals surface area contributed by atoms with Crippen molar-refractivity contribution in [3.63, 3.8) is 0 Å². The van der Waals surface area contributed by atoms with Crippen molar-refractivity contribution >= 4 is 23.2 Å². The predicted octanol–water partition coefficient (Wildman–Crippen LogP) is 10.0. The van der Waals surface area contributed by atoms with E-state index in [0.717, 1.165) is 110 Å². The van der Waals surface area contributed by atoms with Crippen LogP contribution in [0, 0.1) is 36.3 Å². The topological polar surface area (TPSA) is 97.1 Å². The molecule has 4 aromatic heterocycles. The van der Waals surface area contributed by atoms with E-state index in [4.69, 9.17) is 43.4 Å². The lowest BCUT2D eigenvalue weighted by Gasteiger charge is -2.71. The van der Waals surface area contributed by atoms with Crippen molar-refractivity contribution in [1.82, 2.24) is 48.6 Å². The Morgan fingerprint density at radius 3 is 1.38 bits per heavy atom. The van der Waals surface area contributed by atoms with E-state index in [-0.39, 0.29) is 34.5 Å². The Morgan fingerprint density at radius 1 is 0.600 bits per heavy atom. The zero-order chi connectivity index (χ0) is 41.0. The Kier molecular flexibility index (Phi) is 9.02. The van der Waals surface area contributed by atoms with Crippen molar-refractivity contribution in [1.29, 1.82) is 0 Å². The smallest absolute Gasteiger partial charge is 0.151 e. The van der Waals surface area contributed by atoms with Crippen molar-refractivity contribution in [2.45, 2.75) is 140 Å². The van der Waals surface area contributed by atoms with Gasteiger partial charge in [0.25, 0.3) is 0 Å². The molecule has 10 nitrogen and oxygen atoms in total. The third-order valence-corrected chi connectivity index (χ3v) is 15.2. The summed E-state index contributed by atoms with van der Waals surface area (Å²) < 4.78 is 36.7. The molecular formula is C46H50Cl2F2N10. The van der Waals surface area contributed by atoms with Crippen LogP contribution < -0.4 is 0 Å². The zero-order valence-corrected chi connectivity index (χ0v) is 35.7.